The smallest absolute Gasteiger partial charge is 0.272 e. The molecule has 0 saturated carbocycles. The third-order valence-electron chi connectivity index (χ3n) is 3.83. The Hall–Kier alpha value is -3.16. The number of carbonyl (C=O) groups is 1. The first-order valence-corrected chi connectivity index (χ1v) is 8.31. The Kier molecular flexibility index (Phi) is 5.31. The van der Waals surface area contributed by atoms with Crippen LogP contribution in [-0.2, 0) is 13.3 Å². The van der Waals surface area contributed by atoms with Gasteiger partial charge in [-0.25, -0.2) is 9.07 Å². The fourth-order valence-corrected chi connectivity index (χ4v) is 2.36. The molecule has 8 heteroatoms. The first kappa shape index (κ1) is 17.7. The zero-order valence-corrected chi connectivity index (χ0v) is 14.6. The maximum absolute atomic E-state index is 12.9. The summed E-state index contributed by atoms with van der Waals surface area (Å²) in [5.74, 6) is -0.0922. The van der Waals surface area contributed by atoms with E-state index in [9.17, 15) is 9.18 Å². The lowest BCUT2D eigenvalue weighted by Crippen LogP contribution is -2.27. The minimum atomic E-state index is -0.326. The van der Waals surface area contributed by atoms with Crippen molar-refractivity contribution < 1.29 is 13.9 Å². The normalized spacial score (nSPS) is 12.0. The lowest BCUT2D eigenvalue weighted by Gasteiger charge is -2.10. The molecule has 1 unspecified atom stereocenters. The minimum absolute atomic E-state index is 0.120. The van der Waals surface area contributed by atoms with Crippen LogP contribution in [0.3, 0.4) is 0 Å². The molecule has 0 aliphatic heterocycles. The van der Waals surface area contributed by atoms with Crippen molar-refractivity contribution in [3.63, 3.8) is 0 Å². The summed E-state index contributed by atoms with van der Waals surface area (Å²) in [5.41, 5.74) is 1.08. The van der Waals surface area contributed by atoms with Gasteiger partial charge in [0.25, 0.3) is 5.91 Å². The standard InChI is InChI=1S/C18H20FN5O2/c1-3-23-10-8-16(21-23)13(2)20-18(25)17-9-11-24(22-17)12-26-15-6-4-14(19)5-7-15/h4-11,13H,3,12H2,1-2H3,(H,20,25). The lowest BCUT2D eigenvalue weighted by molar-refractivity contribution is 0.0932. The molecule has 3 aromatic rings. The van der Waals surface area contributed by atoms with Crippen LogP contribution in [0.15, 0.2) is 48.8 Å². The number of rotatable bonds is 7. The second-order valence-corrected chi connectivity index (χ2v) is 5.76. The van der Waals surface area contributed by atoms with E-state index >= 15 is 0 Å². The average molecular weight is 357 g/mol. The van der Waals surface area contributed by atoms with E-state index in [-0.39, 0.29) is 30.2 Å². The van der Waals surface area contributed by atoms with Crippen LogP contribution in [0.2, 0.25) is 0 Å². The molecular weight excluding hydrogens is 337 g/mol. The third-order valence-corrected chi connectivity index (χ3v) is 3.83. The van der Waals surface area contributed by atoms with Crippen molar-refractivity contribution >= 4 is 5.91 Å². The number of hydrogen-bond acceptors (Lipinski definition) is 4. The van der Waals surface area contributed by atoms with Crippen molar-refractivity contribution in [3.8, 4) is 5.75 Å². The van der Waals surface area contributed by atoms with Gasteiger partial charge >= 0.3 is 0 Å². The van der Waals surface area contributed by atoms with Crippen molar-refractivity contribution in [2.75, 3.05) is 0 Å². The Morgan fingerprint density at radius 3 is 2.58 bits per heavy atom. The molecule has 7 nitrogen and oxygen atoms in total. The summed E-state index contributed by atoms with van der Waals surface area (Å²) in [6, 6.07) is 8.96. The highest BCUT2D eigenvalue weighted by Crippen LogP contribution is 2.12. The van der Waals surface area contributed by atoms with Crippen LogP contribution in [0.1, 0.15) is 36.1 Å². The van der Waals surface area contributed by atoms with E-state index in [2.05, 4.69) is 15.5 Å². The Morgan fingerprint density at radius 1 is 1.15 bits per heavy atom. The highest BCUT2D eigenvalue weighted by Gasteiger charge is 2.15. The van der Waals surface area contributed by atoms with Gasteiger partial charge in [0.15, 0.2) is 6.73 Å². The van der Waals surface area contributed by atoms with E-state index in [1.54, 1.807) is 16.9 Å². The van der Waals surface area contributed by atoms with Gasteiger partial charge in [0.1, 0.15) is 17.3 Å². The number of halogens is 1. The summed E-state index contributed by atoms with van der Waals surface area (Å²) in [6.07, 6.45) is 3.52. The summed E-state index contributed by atoms with van der Waals surface area (Å²) in [5, 5.41) is 11.4. The molecule has 2 heterocycles. The van der Waals surface area contributed by atoms with Crippen molar-refractivity contribution in [1.82, 2.24) is 24.9 Å². The fraction of sp³-hybridized carbons (Fsp3) is 0.278. The van der Waals surface area contributed by atoms with Crippen LogP contribution < -0.4 is 10.1 Å². The van der Waals surface area contributed by atoms with Gasteiger partial charge in [-0.3, -0.25) is 9.48 Å². The van der Waals surface area contributed by atoms with Crippen LogP contribution in [0.5, 0.6) is 5.75 Å². The van der Waals surface area contributed by atoms with E-state index in [1.807, 2.05) is 26.1 Å². The zero-order chi connectivity index (χ0) is 18.5. The minimum Gasteiger partial charge on any atom is -0.471 e. The van der Waals surface area contributed by atoms with Crippen LogP contribution >= 0.6 is 0 Å². The van der Waals surface area contributed by atoms with Gasteiger partial charge in [0, 0.05) is 18.9 Å². The second-order valence-electron chi connectivity index (χ2n) is 5.76. The SMILES string of the molecule is CCn1ccc(C(C)NC(=O)c2ccn(COc3ccc(F)cc3)n2)n1. The molecule has 1 amide bonds. The average Bonchev–Trinajstić information content (AvgIpc) is 3.30. The molecule has 26 heavy (non-hydrogen) atoms. The number of nitrogens with zero attached hydrogens (tertiary/aromatic N) is 4. The van der Waals surface area contributed by atoms with Gasteiger partial charge < -0.3 is 10.1 Å². The molecular formula is C18H20FN5O2. The number of benzene rings is 1. The van der Waals surface area contributed by atoms with Crippen LogP contribution in [0.25, 0.3) is 0 Å². The van der Waals surface area contributed by atoms with E-state index in [0.29, 0.717) is 5.75 Å². The summed E-state index contributed by atoms with van der Waals surface area (Å²) in [6.45, 7) is 4.77. The van der Waals surface area contributed by atoms with E-state index < -0.39 is 0 Å². The molecule has 1 aromatic carbocycles. The molecule has 0 aliphatic rings. The van der Waals surface area contributed by atoms with Gasteiger partial charge in [0.2, 0.25) is 0 Å². The van der Waals surface area contributed by atoms with Gasteiger partial charge in [-0.1, -0.05) is 0 Å². The first-order valence-electron chi connectivity index (χ1n) is 8.31. The maximum Gasteiger partial charge on any atom is 0.272 e. The fourth-order valence-electron chi connectivity index (χ4n) is 2.36. The Labute approximate surface area is 150 Å². The molecule has 3 rings (SSSR count). The number of ether oxygens (including phenoxy) is 1. The monoisotopic (exact) mass is 357 g/mol. The van der Waals surface area contributed by atoms with Crippen LogP contribution in [0, 0.1) is 5.82 Å². The molecule has 0 fully saturated rings. The number of amides is 1. The lowest BCUT2D eigenvalue weighted by atomic mass is 10.2. The Balaban J connectivity index is 1.56. The number of aryl methyl sites for hydroxylation is 1. The highest BCUT2D eigenvalue weighted by atomic mass is 19.1. The predicted octanol–water partition coefficient (Wildman–Crippen LogP) is 2.77. The summed E-state index contributed by atoms with van der Waals surface area (Å²) in [7, 11) is 0. The molecule has 0 aliphatic carbocycles. The maximum atomic E-state index is 12.9. The Bertz CT molecular complexity index is 872. The molecule has 0 saturated heterocycles. The summed E-state index contributed by atoms with van der Waals surface area (Å²) >= 11 is 0. The van der Waals surface area contributed by atoms with Crippen molar-refractivity contribution in [3.05, 3.63) is 66.0 Å². The van der Waals surface area contributed by atoms with Gasteiger partial charge in [-0.15, -0.1) is 0 Å². The number of carbonyl (C=O) groups excluding carboxylic acids is 1. The van der Waals surface area contributed by atoms with E-state index in [0.717, 1.165) is 12.2 Å². The molecule has 1 atom stereocenters. The molecule has 0 radical (unpaired) electrons. The second kappa shape index (κ2) is 7.81. The zero-order valence-electron chi connectivity index (χ0n) is 14.6. The molecule has 0 bridgehead atoms. The number of hydrogen-bond donors (Lipinski definition) is 1. The largest absolute Gasteiger partial charge is 0.471 e. The molecule has 2 aromatic heterocycles. The molecule has 0 spiro atoms. The summed E-state index contributed by atoms with van der Waals surface area (Å²) in [4.78, 5) is 12.3. The number of nitrogens with one attached hydrogen (secondary N) is 1. The van der Waals surface area contributed by atoms with Crippen LogP contribution in [-0.4, -0.2) is 25.5 Å². The van der Waals surface area contributed by atoms with Crippen molar-refractivity contribution in [2.24, 2.45) is 0 Å². The third kappa shape index (κ3) is 4.27. The first-order chi connectivity index (χ1) is 12.5. The van der Waals surface area contributed by atoms with Gasteiger partial charge in [-0.2, -0.15) is 10.2 Å². The van der Waals surface area contributed by atoms with E-state index in [4.69, 9.17) is 4.74 Å². The van der Waals surface area contributed by atoms with Crippen molar-refractivity contribution in [1.29, 1.82) is 0 Å². The quantitative estimate of drug-likeness (QED) is 0.706. The van der Waals surface area contributed by atoms with Gasteiger partial charge in [0.05, 0.1) is 11.7 Å². The molecule has 136 valence electrons. The van der Waals surface area contributed by atoms with Gasteiger partial charge in [-0.05, 0) is 50.2 Å². The predicted molar refractivity (Wildman–Crippen MR) is 93.0 cm³/mol. The summed E-state index contributed by atoms with van der Waals surface area (Å²) < 4.78 is 21.7. The van der Waals surface area contributed by atoms with E-state index in [1.165, 1.54) is 28.9 Å². The molecule has 1 N–H and O–H groups in total. The highest BCUT2D eigenvalue weighted by molar-refractivity contribution is 5.92. The van der Waals surface area contributed by atoms with Crippen molar-refractivity contribution in [2.45, 2.75) is 33.2 Å². The topological polar surface area (TPSA) is 74.0 Å². The Morgan fingerprint density at radius 2 is 1.88 bits per heavy atom. The van der Waals surface area contributed by atoms with Crippen LogP contribution in [0.4, 0.5) is 4.39 Å². The number of aromatic nitrogens is 4.